The Balaban J connectivity index is 1.63. The van der Waals surface area contributed by atoms with E-state index in [1.165, 1.54) is 16.7 Å². The van der Waals surface area contributed by atoms with Gasteiger partial charge < -0.3 is 14.3 Å². The van der Waals surface area contributed by atoms with E-state index in [2.05, 4.69) is 4.99 Å². The van der Waals surface area contributed by atoms with Gasteiger partial charge in [0.15, 0.2) is 4.80 Å². The van der Waals surface area contributed by atoms with Crippen LogP contribution >= 0.6 is 34.5 Å². The standard InChI is InChI=1S/C28H20Cl2N2O6S/c1-3-37-27(36)23-14(2)31-28-32(24(23)17-6-4-5-7-19(17)29)25(33)22(39-28)13-16-9-11-21(38-16)15-8-10-20(30)18(12-15)26(34)35/h4-13,24H,3H2,1-2H3,(H,34,35)/t24-/m0/s1. The predicted molar refractivity (Wildman–Crippen MR) is 148 cm³/mol. The zero-order valence-corrected chi connectivity index (χ0v) is 22.9. The molecule has 1 N–H and O–H groups in total. The van der Waals surface area contributed by atoms with Crippen LogP contribution in [0.4, 0.5) is 0 Å². The lowest BCUT2D eigenvalue weighted by molar-refractivity contribution is -0.139. The number of esters is 1. The van der Waals surface area contributed by atoms with Gasteiger partial charge in [-0.05, 0) is 55.8 Å². The number of ether oxygens (including phenoxy) is 1. The highest BCUT2D eigenvalue weighted by Gasteiger charge is 2.34. The molecule has 0 saturated heterocycles. The van der Waals surface area contributed by atoms with E-state index in [1.54, 1.807) is 62.4 Å². The molecule has 8 nitrogen and oxygen atoms in total. The van der Waals surface area contributed by atoms with E-state index in [0.29, 0.717) is 42.7 Å². The Labute approximate surface area is 235 Å². The lowest BCUT2D eigenvalue weighted by atomic mass is 9.96. The monoisotopic (exact) mass is 582 g/mol. The van der Waals surface area contributed by atoms with Gasteiger partial charge in [0, 0.05) is 16.7 Å². The number of carboxylic acid groups (broad SMARTS) is 1. The molecule has 1 atom stereocenters. The third-order valence-electron chi connectivity index (χ3n) is 6.10. The summed E-state index contributed by atoms with van der Waals surface area (Å²) in [5.74, 6) is -0.946. The Hall–Kier alpha value is -3.92. The summed E-state index contributed by atoms with van der Waals surface area (Å²) in [6.45, 7) is 3.57. The molecule has 0 aliphatic carbocycles. The highest BCUT2D eigenvalue weighted by atomic mass is 35.5. The SMILES string of the molecule is CCOC(=O)C1=C(C)N=c2sc(=Cc3ccc(-c4ccc(Cl)c(C(=O)O)c4)o3)c(=O)n2[C@H]1c1ccccc1Cl. The van der Waals surface area contributed by atoms with Gasteiger partial charge in [-0.2, -0.15) is 0 Å². The number of aromatic carboxylic acids is 1. The first-order valence-corrected chi connectivity index (χ1v) is 13.3. The van der Waals surface area contributed by atoms with Gasteiger partial charge in [0.25, 0.3) is 5.56 Å². The molecule has 3 heterocycles. The lowest BCUT2D eigenvalue weighted by Gasteiger charge is -2.25. The van der Waals surface area contributed by atoms with Crippen molar-refractivity contribution in [3.63, 3.8) is 0 Å². The van der Waals surface area contributed by atoms with Crippen LogP contribution in [0.15, 0.2) is 80.1 Å². The number of carbonyl (C=O) groups is 2. The summed E-state index contributed by atoms with van der Waals surface area (Å²) < 4.78 is 13.0. The van der Waals surface area contributed by atoms with Crippen LogP contribution in [0, 0.1) is 0 Å². The van der Waals surface area contributed by atoms with Crippen LogP contribution < -0.4 is 14.9 Å². The minimum atomic E-state index is -1.15. The second-order valence-electron chi connectivity index (χ2n) is 8.53. The fraction of sp³-hybridized carbons (Fsp3) is 0.143. The Morgan fingerprint density at radius 2 is 1.92 bits per heavy atom. The zero-order chi connectivity index (χ0) is 27.8. The summed E-state index contributed by atoms with van der Waals surface area (Å²) >= 11 is 13.7. The number of hydrogen-bond acceptors (Lipinski definition) is 7. The van der Waals surface area contributed by atoms with Crippen LogP contribution in [0.5, 0.6) is 0 Å². The van der Waals surface area contributed by atoms with Crippen LogP contribution in [0.1, 0.15) is 41.6 Å². The Morgan fingerprint density at radius 3 is 2.64 bits per heavy atom. The molecule has 0 amide bonds. The van der Waals surface area contributed by atoms with Gasteiger partial charge in [-0.25, -0.2) is 14.6 Å². The van der Waals surface area contributed by atoms with Gasteiger partial charge in [0.1, 0.15) is 17.6 Å². The van der Waals surface area contributed by atoms with E-state index >= 15 is 0 Å². The molecule has 5 rings (SSSR count). The maximum absolute atomic E-state index is 13.7. The zero-order valence-electron chi connectivity index (χ0n) is 20.6. The number of carboxylic acids is 1. The normalized spacial score (nSPS) is 15.2. The van der Waals surface area contributed by atoms with Gasteiger partial charge in [-0.3, -0.25) is 9.36 Å². The van der Waals surface area contributed by atoms with E-state index in [-0.39, 0.29) is 28.3 Å². The van der Waals surface area contributed by atoms with Crippen LogP contribution in [-0.2, 0) is 9.53 Å². The smallest absolute Gasteiger partial charge is 0.338 e. The van der Waals surface area contributed by atoms with Crippen LogP contribution in [-0.4, -0.2) is 28.2 Å². The van der Waals surface area contributed by atoms with Crippen molar-refractivity contribution in [2.45, 2.75) is 19.9 Å². The number of thiazole rings is 1. The summed E-state index contributed by atoms with van der Waals surface area (Å²) in [4.78, 5) is 43.1. The highest BCUT2D eigenvalue weighted by molar-refractivity contribution is 7.07. The van der Waals surface area contributed by atoms with E-state index < -0.39 is 18.0 Å². The summed E-state index contributed by atoms with van der Waals surface area (Å²) in [5, 5.41) is 9.88. The summed E-state index contributed by atoms with van der Waals surface area (Å²) in [6, 6.07) is 14.1. The van der Waals surface area contributed by atoms with E-state index in [0.717, 1.165) is 11.3 Å². The number of allylic oxidation sites excluding steroid dienone is 1. The van der Waals surface area contributed by atoms with Crippen molar-refractivity contribution in [1.82, 2.24) is 4.57 Å². The van der Waals surface area contributed by atoms with Crippen molar-refractivity contribution in [2.75, 3.05) is 6.61 Å². The second kappa shape index (κ2) is 10.7. The number of furan rings is 1. The molecular weight excluding hydrogens is 563 g/mol. The summed E-state index contributed by atoms with van der Waals surface area (Å²) in [7, 11) is 0. The molecule has 1 aliphatic rings. The van der Waals surface area contributed by atoms with Gasteiger partial charge in [0.2, 0.25) is 0 Å². The average molecular weight is 583 g/mol. The fourth-order valence-electron chi connectivity index (χ4n) is 4.34. The fourth-order valence-corrected chi connectivity index (χ4v) is 5.80. The molecule has 0 radical (unpaired) electrons. The quantitative estimate of drug-likeness (QED) is 0.318. The van der Waals surface area contributed by atoms with Crippen LogP contribution in [0.2, 0.25) is 10.0 Å². The van der Waals surface area contributed by atoms with Gasteiger partial charge in [-0.1, -0.05) is 52.7 Å². The van der Waals surface area contributed by atoms with Crippen molar-refractivity contribution in [1.29, 1.82) is 0 Å². The molecule has 0 bridgehead atoms. The van der Waals surface area contributed by atoms with Gasteiger partial charge in [0.05, 0.1) is 33.0 Å². The van der Waals surface area contributed by atoms with E-state index in [9.17, 15) is 19.5 Å². The van der Waals surface area contributed by atoms with E-state index in [4.69, 9.17) is 32.4 Å². The Morgan fingerprint density at radius 1 is 1.15 bits per heavy atom. The van der Waals surface area contributed by atoms with Crippen molar-refractivity contribution in [3.8, 4) is 11.3 Å². The molecule has 0 spiro atoms. The molecular formula is C28H20Cl2N2O6S. The average Bonchev–Trinajstić information content (AvgIpc) is 3.48. The van der Waals surface area contributed by atoms with Gasteiger partial charge in [-0.15, -0.1) is 0 Å². The number of benzene rings is 2. The highest BCUT2D eigenvalue weighted by Crippen LogP contribution is 2.34. The molecule has 1 aliphatic heterocycles. The number of carbonyl (C=O) groups excluding carboxylic acids is 1. The molecule has 0 unspecified atom stereocenters. The van der Waals surface area contributed by atoms with Crippen molar-refractivity contribution in [3.05, 3.63) is 112 Å². The second-order valence-corrected chi connectivity index (χ2v) is 10.3. The molecule has 2 aromatic heterocycles. The maximum atomic E-state index is 13.7. The third-order valence-corrected chi connectivity index (χ3v) is 7.75. The molecule has 0 saturated carbocycles. The minimum Gasteiger partial charge on any atom is -0.478 e. The van der Waals surface area contributed by atoms with E-state index in [1.807, 2.05) is 0 Å². The maximum Gasteiger partial charge on any atom is 0.338 e. The number of fused-ring (bicyclic) bond motifs is 1. The van der Waals surface area contributed by atoms with Crippen molar-refractivity contribution >= 4 is 52.6 Å². The predicted octanol–water partition coefficient (Wildman–Crippen LogP) is 5.06. The van der Waals surface area contributed by atoms with Crippen LogP contribution in [0.25, 0.3) is 17.4 Å². The molecule has 2 aromatic carbocycles. The topological polar surface area (TPSA) is 111 Å². The molecule has 11 heteroatoms. The first kappa shape index (κ1) is 26.7. The summed E-state index contributed by atoms with van der Waals surface area (Å²) in [5.41, 5.74) is 1.33. The molecule has 4 aromatic rings. The largest absolute Gasteiger partial charge is 0.478 e. The van der Waals surface area contributed by atoms with Crippen molar-refractivity contribution in [2.24, 2.45) is 4.99 Å². The number of aromatic nitrogens is 1. The Bertz CT molecular complexity index is 1850. The lowest BCUT2D eigenvalue weighted by Crippen LogP contribution is -2.40. The number of rotatable bonds is 6. The molecule has 198 valence electrons. The molecule has 0 fully saturated rings. The number of nitrogens with zero attached hydrogens (tertiary/aromatic N) is 2. The first-order valence-electron chi connectivity index (χ1n) is 11.8. The van der Waals surface area contributed by atoms with Crippen LogP contribution in [0.3, 0.4) is 0 Å². The van der Waals surface area contributed by atoms with Crippen molar-refractivity contribution < 1.29 is 23.8 Å². The molecule has 39 heavy (non-hydrogen) atoms. The third kappa shape index (κ3) is 4.96. The van der Waals surface area contributed by atoms with Gasteiger partial charge >= 0.3 is 11.9 Å². The number of hydrogen-bond donors (Lipinski definition) is 1. The summed E-state index contributed by atoms with van der Waals surface area (Å²) in [6.07, 6.45) is 1.58. The minimum absolute atomic E-state index is 0.0484. The Kier molecular flexibility index (Phi) is 7.31. The first-order chi connectivity index (χ1) is 18.7. The number of halogens is 2.